The van der Waals surface area contributed by atoms with Crippen molar-refractivity contribution >= 4 is 0 Å². The Balaban J connectivity index is 2.63. The highest BCUT2D eigenvalue weighted by molar-refractivity contribution is 5.00. The average molecular weight is 282 g/mol. The Morgan fingerprint density at radius 3 is 2.32 bits per heavy atom. The first-order valence-electron chi connectivity index (χ1n) is 6.85. The summed E-state index contributed by atoms with van der Waals surface area (Å²) in [6, 6.07) is 0. The summed E-state index contributed by atoms with van der Waals surface area (Å²) in [6.07, 6.45) is -2.69. The summed E-state index contributed by atoms with van der Waals surface area (Å²) in [5.41, 5.74) is -0.142. The molecule has 1 rings (SSSR count). The molecule has 0 spiro atoms. The van der Waals surface area contributed by atoms with Crippen LogP contribution in [0.4, 0.5) is 13.2 Å². The van der Waals surface area contributed by atoms with Crippen LogP contribution in [0.3, 0.4) is 0 Å². The Hall–Kier alpha value is -0.330. The van der Waals surface area contributed by atoms with E-state index < -0.39 is 6.36 Å². The molecule has 3 nitrogen and oxygen atoms in total. The van der Waals surface area contributed by atoms with Crippen molar-refractivity contribution < 1.29 is 17.9 Å². The predicted molar refractivity (Wildman–Crippen MR) is 69.0 cm³/mol. The molecule has 0 saturated carbocycles. The van der Waals surface area contributed by atoms with Gasteiger partial charge in [0.25, 0.3) is 0 Å². The van der Waals surface area contributed by atoms with E-state index in [9.17, 15) is 13.2 Å². The molecule has 1 saturated heterocycles. The monoisotopic (exact) mass is 282 g/mol. The molecule has 0 radical (unpaired) electrons. The van der Waals surface area contributed by atoms with Gasteiger partial charge in [-0.3, -0.25) is 9.64 Å². The SMILES string of the molecule is CCC1(C)CN(CCOC(F)(F)F)C(C)(CC)CN1. The van der Waals surface area contributed by atoms with E-state index in [-0.39, 0.29) is 17.7 Å². The lowest BCUT2D eigenvalue weighted by molar-refractivity contribution is -0.325. The standard InChI is InChI=1S/C13H25F3N2O/c1-5-11(3)10-18(7-8-19-13(14,15)16)12(4,6-2)9-17-11/h17H,5-10H2,1-4H3. The topological polar surface area (TPSA) is 24.5 Å². The number of hydrogen-bond donors (Lipinski definition) is 1. The predicted octanol–water partition coefficient (Wildman–Crippen LogP) is 2.77. The summed E-state index contributed by atoms with van der Waals surface area (Å²) in [6.45, 7) is 9.89. The van der Waals surface area contributed by atoms with E-state index >= 15 is 0 Å². The number of ether oxygens (including phenoxy) is 1. The van der Waals surface area contributed by atoms with Crippen molar-refractivity contribution in [1.82, 2.24) is 10.2 Å². The lowest BCUT2D eigenvalue weighted by atomic mass is 9.86. The van der Waals surface area contributed by atoms with Gasteiger partial charge in [-0.2, -0.15) is 0 Å². The van der Waals surface area contributed by atoms with Crippen molar-refractivity contribution in [3.8, 4) is 0 Å². The first kappa shape index (κ1) is 16.7. The molecule has 0 aliphatic carbocycles. The smallest absolute Gasteiger partial charge is 0.308 e. The van der Waals surface area contributed by atoms with Crippen molar-refractivity contribution in [2.45, 2.75) is 58.0 Å². The molecule has 19 heavy (non-hydrogen) atoms. The van der Waals surface area contributed by atoms with E-state index in [2.05, 4.69) is 42.6 Å². The fourth-order valence-electron chi connectivity index (χ4n) is 2.39. The van der Waals surface area contributed by atoms with Crippen LogP contribution in [-0.4, -0.2) is 48.6 Å². The van der Waals surface area contributed by atoms with Crippen molar-refractivity contribution in [2.24, 2.45) is 0 Å². The third-order valence-electron chi connectivity index (χ3n) is 4.37. The zero-order valence-corrected chi connectivity index (χ0v) is 12.2. The van der Waals surface area contributed by atoms with Crippen LogP contribution in [-0.2, 0) is 4.74 Å². The molecule has 1 fully saturated rings. The molecule has 1 aliphatic rings. The van der Waals surface area contributed by atoms with Gasteiger partial charge in [-0.1, -0.05) is 13.8 Å². The van der Waals surface area contributed by atoms with E-state index in [4.69, 9.17) is 0 Å². The van der Waals surface area contributed by atoms with Crippen LogP contribution in [0.5, 0.6) is 0 Å². The van der Waals surface area contributed by atoms with E-state index in [1.807, 2.05) is 0 Å². The summed E-state index contributed by atoms with van der Waals surface area (Å²) in [5.74, 6) is 0. The fourth-order valence-corrected chi connectivity index (χ4v) is 2.39. The Morgan fingerprint density at radius 2 is 1.84 bits per heavy atom. The molecule has 0 bridgehead atoms. The highest BCUT2D eigenvalue weighted by Crippen LogP contribution is 2.28. The molecule has 1 N–H and O–H groups in total. The molecule has 2 atom stereocenters. The summed E-state index contributed by atoms with van der Waals surface area (Å²) in [7, 11) is 0. The molecule has 0 aromatic heterocycles. The van der Waals surface area contributed by atoms with Crippen LogP contribution < -0.4 is 5.32 Å². The van der Waals surface area contributed by atoms with E-state index in [1.54, 1.807) is 0 Å². The molecule has 2 unspecified atom stereocenters. The Labute approximate surface area is 113 Å². The summed E-state index contributed by atoms with van der Waals surface area (Å²) in [5, 5.41) is 3.52. The largest absolute Gasteiger partial charge is 0.522 e. The fraction of sp³-hybridized carbons (Fsp3) is 1.00. The second kappa shape index (κ2) is 5.97. The van der Waals surface area contributed by atoms with Gasteiger partial charge in [0, 0.05) is 30.7 Å². The third-order valence-corrected chi connectivity index (χ3v) is 4.37. The molecule has 0 aromatic rings. The number of rotatable bonds is 5. The van der Waals surface area contributed by atoms with Crippen molar-refractivity contribution in [3.05, 3.63) is 0 Å². The van der Waals surface area contributed by atoms with E-state index in [0.29, 0.717) is 6.54 Å². The molecule has 6 heteroatoms. The van der Waals surface area contributed by atoms with Crippen LogP contribution >= 0.6 is 0 Å². The molecule has 114 valence electrons. The van der Waals surface area contributed by atoms with Gasteiger partial charge in [-0.05, 0) is 26.7 Å². The van der Waals surface area contributed by atoms with Crippen molar-refractivity contribution in [2.75, 3.05) is 26.2 Å². The normalized spacial score (nSPS) is 33.6. The number of nitrogens with one attached hydrogen (secondary N) is 1. The van der Waals surface area contributed by atoms with Gasteiger partial charge in [0.2, 0.25) is 0 Å². The molecule has 0 amide bonds. The van der Waals surface area contributed by atoms with Gasteiger partial charge in [0.15, 0.2) is 0 Å². The number of halogens is 3. The van der Waals surface area contributed by atoms with Crippen LogP contribution in [0.2, 0.25) is 0 Å². The molecular weight excluding hydrogens is 257 g/mol. The van der Waals surface area contributed by atoms with Gasteiger partial charge >= 0.3 is 6.36 Å². The van der Waals surface area contributed by atoms with Crippen LogP contribution in [0.15, 0.2) is 0 Å². The summed E-state index contributed by atoms with van der Waals surface area (Å²) in [4.78, 5) is 2.12. The maximum Gasteiger partial charge on any atom is 0.522 e. The van der Waals surface area contributed by atoms with E-state index in [0.717, 1.165) is 25.9 Å². The number of hydrogen-bond acceptors (Lipinski definition) is 3. The van der Waals surface area contributed by atoms with E-state index in [1.165, 1.54) is 0 Å². The lowest BCUT2D eigenvalue weighted by Crippen LogP contribution is -2.68. The van der Waals surface area contributed by atoms with Gasteiger partial charge in [0.05, 0.1) is 6.61 Å². The van der Waals surface area contributed by atoms with Gasteiger partial charge in [-0.15, -0.1) is 13.2 Å². The summed E-state index contributed by atoms with van der Waals surface area (Å²) >= 11 is 0. The third kappa shape index (κ3) is 4.61. The molecule has 1 heterocycles. The first-order valence-corrected chi connectivity index (χ1v) is 6.85. The zero-order valence-electron chi connectivity index (χ0n) is 12.2. The second-order valence-electron chi connectivity index (χ2n) is 5.83. The quantitative estimate of drug-likeness (QED) is 0.839. The van der Waals surface area contributed by atoms with Crippen molar-refractivity contribution in [3.63, 3.8) is 0 Å². The molecule has 0 aromatic carbocycles. The Kier molecular flexibility index (Phi) is 5.26. The minimum atomic E-state index is -4.54. The highest BCUT2D eigenvalue weighted by atomic mass is 19.4. The maximum atomic E-state index is 12.0. The lowest BCUT2D eigenvalue weighted by Gasteiger charge is -2.52. The minimum absolute atomic E-state index is 0.0348. The Morgan fingerprint density at radius 1 is 1.21 bits per heavy atom. The molecule has 1 aliphatic heterocycles. The van der Waals surface area contributed by atoms with Crippen molar-refractivity contribution in [1.29, 1.82) is 0 Å². The highest BCUT2D eigenvalue weighted by Gasteiger charge is 2.41. The summed E-state index contributed by atoms with van der Waals surface area (Å²) < 4.78 is 40.1. The maximum absolute atomic E-state index is 12.0. The van der Waals surface area contributed by atoms with Crippen LogP contribution in [0.25, 0.3) is 0 Å². The zero-order chi connectivity index (χ0) is 14.7. The number of piperazine rings is 1. The van der Waals surface area contributed by atoms with Gasteiger partial charge < -0.3 is 5.32 Å². The number of nitrogens with zero attached hydrogens (tertiary/aromatic N) is 1. The first-order chi connectivity index (χ1) is 8.64. The number of alkyl halides is 3. The second-order valence-corrected chi connectivity index (χ2v) is 5.83. The van der Waals surface area contributed by atoms with Gasteiger partial charge in [0.1, 0.15) is 0 Å². The minimum Gasteiger partial charge on any atom is -0.308 e. The Bertz CT molecular complexity index is 298. The van der Waals surface area contributed by atoms with Gasteiger partial charge in [-0.25, -0.2) is 0 Å². The van der Waals surface area contributed by atoms with Crippen LogP contribution in [0, 0.1) is 0 Å². The average Bonchev–Trinajstić information content (AvgIpc) is 2.32. The molecular formula is C13H25F3N2O. The van der Waals surface area contributed by atoms with Crippen LogP contribution in [0.1, 0.15) is 40.5 Å².